The van der Waals surface area contributed by atoms with Crippen molar-refractivity contribution in [1.29, 1.82) is 0 Å². The van der Waals surface area contributed by atoms with Crippen LogP contribution in [0.25, 0.3) is 0 Å². The van der Waals surface area contributed by atoms with Crippen molar-refractivity contribution >= 4 is 38.5 Å². The summed E-state index contributed by atoms with van der Waals surface area (Å²) in [5.74, 6) is -1.75. The number of carbonyl (C=O) groups excluding carboxylic acids is 1. The molecule has 7 heteroatoms. The fourth-order valence-electron chi connectivity index (χ4n) is 1.66. The largest absolute Gasteiger partial charge is 0.269 e. The second-order valence-electron chi connectivity index (χ2n) is 4.34. The van der Waals surface area contributed by atoms with Gasteiger partial charge in [0, 0.05) is 3.57 Å². The maximum Gasteiger partial charge on any atom is 0.269 e. The third-order valence-corrected chi connectivity index (χ3v) is 4.99. The maximum atomic E-state index is 13.7. The van der Waals surface area contributed by atoms with E-state index in [4.69, 9.17) is 0 Å². The average Bonchev–Trinajstić information content (AvgIpc) is 2.38. The van der Waals surface area contributed by atoms with E-state index in [0.29, 0.717) is 3.57 Å². The van der Waals surface area contributed by atoms with Gasteiger partial charge >= 0.3 is 0 Å². The Hall–Kier alpha value is -1.48. The Bertz CT molecular complexity index is 768. The molecule has 0 aliphatic heterocycles. The molecule has 0 unspecified atom stereocenters. The number of hydrogen-bond acceptors (Lipinski definition) is 3. The van der Waals surface area contributed by atoms with Gasteiger partial charge in [-0.2, -0.15) is 0 Å². The van der Waals surface area contributed by atoms with Gasteiger partial charge in [-0.1, -0.05) is 23.8 Å². The Kier molecular flexibility index (Phi) is 4.62. The predicted molar refractivity (Wildman–Crippen MR) is 84.9 cm³/mol. The molecular weight excluding hydrogens is 406 g/mol. The van der Waals surface area contributed by atoms with Crippen molar-refractivity contribution in [2.45, 2.75) is 11.8 Å². The SMILES string of the molecule is Cc1ccc(S(=O)(=O)NC(=O)c2c(F)cccc2[125I])cc1. The summed E-state index contributed by atoms with van der Waals surface area (Å²) >= 11 is 1.78. The van der Waals surface area contributed by atoms with Crippen molar-refractivity contribution < 1.29 is 17.6 Å². The van der Waals surface area contributed by atoms with Crippen molar-refractivity contribution in [3.8, 4) is 0 Å². The molecule has 1 N–H and O–H groups in total. The number of nitrogens with one attached hydrogen (secondary N) is 1. The van der Waals surface area contributed by atoms with Crippen LogP contribution in [0.3, 0.4) is 0 Å². The lowest BCUT2D eigenvalue weighted by molar-refractivity contribution is 0.0976. The van der Waals surface area contributed by atoms with E-state index < -0.39 is 21.7 Å². The van der Waals surface area contributed by atoms with Crippen LogP contribution in [0, 0.1) is 16.3 Å². The van der Waals surface area contributed by atoms with Gasteiger partial charge in [0.25, 0.3) is 15.9 Å². The molecule has 0 radical (unpaired) electrons. The number of aryl methyl sites for hydroxylation is 1. The van der Waals surface area contributed by atoms with Crippen molar-refractivity contribution in [3.63, 3.8) is 0 Å². The Morgan fingerprint density at radius 1 is 1.14 bits per heavy atom. The van der Waals surface area contributed by atoms with Gasteiger partial charge in [-0.15, -0.1) is 0 Å². The second kappa shape index (κ2) is 6.10. The summed E-state index contributed by atoms with van der Waals surface area (Å²) in [6.45, 7) is 1.82. The molecule has 2 aromatic rings. The lowest BCUT2D eigenvalue weighted by atomic mass is 10.2. The summed E-state index contributed by atoms with van der Waals surface area (Å²) in [5, 5.41) is 0. The molecule has 0 aromatic heterocycles. The molecular formula is C14H11FINO3S. The normalized spacial score (nSPS) is 11.2. The zero-order valence-electron chi connectivity index (χ0n) is 10.9. The van der Waals surface area contributed by atoms with E-state index >= 15 is 0 Å². The number of amides is 1. The molecule has 0 bridgehead atoms. The standard InChI is InChI=1S/C14H11FINO3S/c1-9-5-7-10(8-6-9)21(19,20)17-14(18)13-11(15)3-2-4-12(13)16/h2-8H,1H3,(H,17,18)/i16-2. The molecule has 2 rings (SSSR count). The molecule has 1 amide bonds. The molecule has 0 fully saturated rings. The van der Waals surface area contributed by atoms with Gasteiger partial charge in [0.05, 0.1) is 10.5 Å². The first-order valence-electron chi connectivity index (χ1n) is 5.89. The molecule has 0 aliphatic carbocycles. The molecule has 0 aliphatic rings. The Labute approximate surface area is 135 Å². The van der Waals surface area contributed by atoms with Gasteiger partial charge in [-0.05, 0) is 53.8 Å². The molecule has 0 spiro atoms. The first-order chi connectivity index (χ1) is 9.81. The van der Waals surface area contributed by atoms with Crippen LogP contribution in [0.1, 0.15) is 15.9 Å². The van der Waals surface area contributed by atoms with E-state index in [9.17, 15) is 17.6 Å². The third-order valence-electron chi connectivity index (χ3n) is 2.75. The van der Waals surface area contributed by atoms with Crippen molar-refractivity contribution in [2.75, 3.05) is 0 Å². The van der Waals surface area contributed by atoms with Gasteiger partial charge in [-0.3, -0.25) is 4.79 Å². The van der Waals surface area contributed by atoms with Crippen LogP contribution in [-0.4, -0.2) is 14.3 Å². The minimum absolute atomic E-state index is 0.0483. The zero-order valence-corrected chi connectivity index (χ0v) is 13.9. The van der Waals surface area contributed by atoms with Crippen LogP contribution < -0.4 is 4.72 Å². The third kappa shape index (κ3) is 3.59. The summed E-state index contributed by atoms with van der Waals surface area (Å²) in [6, 6.07) is 10.1. The Morgan fingerprint density at radius 3 is 2.33 bits per heavy atom. The minimum Gasteiger partial charge on any atom is -0.268 e. The van der Waals surface area contributed by atoms with Crippen LogP contribution in [0.4, 0.5) is 4.39 Å². The minimum atomic E-state index is -4.03. The smallest absolute Gasteiger partial charge is 0.268 e. The fourth-order valence-corrected chi connectivity index (χ4v) is 3.33. The van der Waals surface area contributed by atoms with Crippen molar-refractivity contribution in [1.82, 2.24) is 4.72 Å². The van der Waals surface area contributed by atoms with Crippen LogP contribution in [-0.2, 0) is 10.0 Å². The van der Waals surface area contributed by atoms with E-state index in [2.05, 4.69) is 0 Å². The summed E-state index contributed by atoms with van der Waals surface area (Å²) in [7, 11) is -4.03. The first-order valence-corrected chi connectivity index (χ1v) is 8.45. The molecule has 4 nitrogen and oxygen atoms in total. The number of carbonyl (C=O) groups is 1. The van der Waals surface area contributed by atoms with Crippen LogP contribution in [0.2, 0.25) is 0 Å². The summed E-state index contributed by atoms with van der Waals surface area (Å²) in [4.78, 5) is 12.0. The molecule has 0 saturated heterocycles. The van der Waals surface area contributed by atoms with Crippen molar-refractivity contribution in [3.05, 3.63) is 63.0 Å². The highest BCUT2D eigenvalue weighted by Gasteiger charge is 2.22. The van der Waals surface area contributed by atoms with Gasteiger partial charge < -0.3 is 0 Å². The summed E-state index contributed by atoms with van der Waals surface area (Å²) in [6.07, 6.45) is 0. The van der Waals surface area contributed by atoms with E-state index in [-0.39, 0.29) is 10.5 Å². The fraction of sp³-hybridized carbons (Fsp3) is 0.0714. The van der Waals surface area contributed by atoms with Crippen molar-refractivity contribution in [2.24, 2.45) is 0 Å². The Balaban J connectivity index is 2.33. The van der Waals surface area contributed by atoms with E-state index in [1.807, 2.05) is 11.6 Å². The van der Waals surface area contributed by atoms with Gasteiger partial charge in [0.1, 0.15) is 5.82 Å². The monoisotopic (exact) mass is 417 g/mol. The zero-order chi connectivity index (χ0) is 15.6. The highest BCUT2D eigenvalue weighted by atomic mass is 125. The van der Waals surface area contributed by atoms with Crippen LogP contribution >= 0.6 is 22.6 Å². The number of hydrogen-bond donors (Lipinski definition) is 1. The van der Waals surface area contributed by atoms with Gasteiger partial charge in [0.2, 0.25) is 0 Å². The summed E-state index contributed by atoms with van der Waals surface area (Å²) in [5.41, 5.74) is 0.609. The molecule has 0 heterocycles. The molecule has 21 heavy (non-hydrogen) atoms. The first kappa shape index (κ1) is 15.9. The average molecular weight is 417 g/mol. The van der Waals surface area contributed by atoms with Gasteiger partial charge in [0.15, 0.2) is 0 Å². The topological polar surface area (TPSA) is 63.2 Å². The van der Waals surface area contributed by atoms with Gasteiger partial charge in [-0.25, -0.2) is 17.5 Å². The highest BCUT2D eigenvalue weighted by molar-refractivity contribution is 14.1. The quantitative estimate of drug-likeness (QED) is 0.782. The Morgan fingerprint density at radius 2 is 1.76 bits per heavy atom. The van der Waals surface area contributed by atoms with E-state index in [0.717, 1.165) is 11.6 Å². The van der Waals surface area contributed by atoms with E-state index in [1.165, 1.54) is 24.3 Å². The number of rotatable bonds is 3. The molecule has 0 atom stereocenters. The lowest BCUT2D eigenvalue weighted by Gasteiger charge is -2.09. The predicted octanol–water partition coefficient (Wildman–Crippen LogP) is 2.86. The highest BCUT2D eigenvalue weighted by Crippen LogP contribution is 2.17. The second-order valence-corrected chi connectivity index (χ2v) is 7.19. The maximum absolute atomic E-state index is 13.7. The molecule has 110 valence electrons. The molecule has 2 aromatic carbocycles. The number of halogens is 2. The van der Waals surface area contributed by atoms with Crippen LogP contribution in [0.5, 0.6) is 0 Å². The van der Waals surface area contributed by atoms with Crippen LogP contribution in [0.15, 0.2) is 47.4 Å². The lowest BCUT2D eigenvalue weighted by Crippen LogP contribution is -2.31. The number of benzene rings is 2. The van der Waals surface area contributed by atoms with E-state index in [1.54, 1.807) is 34.7 Å². The molecule has 0 saturated carbocycles. The summed E-state index contributed by atoms with van der Waals surface area (Å²) < 4.78 is 40.1. The number of sulfonamides is 1.